The second-order valence-corrected chi connectivity index (χ2v) is 8.75. The van der Waals surface area contributed by atoms with E-state index in [4.69, 9.17) is 9.47 Å². The molecule has 0 radical (unpaired) electrons. The highest BCUT2D eigenvalue weighted by molar-refractivity contribution is 5.95. The normalized spacial score (nSPS) is 21.9. The molecule has 2 unspecified atom stereocenters. The van der Waals surface area contributed by atoms with E-state index in [0.29, 0.717) is 12.1 Å². The first-order valence-corrected chi connectivity index (χ1v) is 11.6. The minimum Gasteiger partial charge on any atom is -0.494 e. The predicted molar refractivity (Wildman–Crippen MR) is 124 cm³/mol. The summed E-state index contributed by atoms with van der Waals surface area (Å²) in [5.41, 5.74) is 3.00. The lowest BCUT2D eigenvalue weighted by molar-refractivity contribution is 0.0358. The van der Waals surface area contributed by atoms with Gasteiger partial charge in [0.1, 0.15) is 5.75 Å². The van der Waals surface area contributed by atoms with Gasteiger partial charge >= 0.3 is 0 Å². The van der Waals surface area contributed by atoms with Gasteiger partial charge in [0.2, 0.25) is 0 Å². The van der Waals surface area contributed by atoms with E-state index < -0.39 is 0 Å². The number of benzene rings is 2. The van der Waals surface area contributed by atoms with Crippen molar-refractivity contribution in [2.45, 2.75) is 45.2 Å². The number of rotatable bonds is 7. The molecule has 0 aliphatic carbocycles. The SMILES string of the molecule is CC1CCC(C)N1C(=O)c1ccc(-c2ccc(OCCCN3CCOCC3)cc2)cc1. The van der Waals surface area contributed by atoms with Crippen molar-refractivity contribution in [3.63, 3.8) is 0 Å². The fourth-order valence-corrected chi connectivity index (χ4v) is 4.60. The van der Waals surface area contributed by atoms with E-state index in [1.807, 2.05) is 41.3 Å². The van der Waals surface area contributed by atoms with Crippen LogP contribution >= 0.6 is 0 Å². The Bertz CT molecular complexity index is 834. The summed E-state index contributed by atoms with van der Waals surface area (Å²) in [6.07, 6.45) is 3.20. The smallest absolute Gasteiger partial charge is 0.254 e. The second-order valence-electron chi connectivity index (χ2n) is 8.75. The fraction of sp³-hybridized carbons (Fsp3) is 0.500. The number of ether oxygens (including phenoxy) is 2. The third-order valence-corrected chi connectivity index (χ3v) is 6.50. The maximum absolute atomic E-state index is 12.9. The summed E-state index contributed by atoms with van der Waals surface area (Å²) in [5, 5.41) is 0. The molecule has 166 valence electrons. The number of likely N-dealkylation sites (tertiary alicyclic amines) is 1. The van der Waals surface area contributed by atoms with E-state index in [1.165, 1.54) is 0 Å². The van der Waals surface area contributed by atoms with Crippen molar-refractivity contribution in [3.8, 4) is 16.9 Å². The Morgan fingerprint density at radius 1 is 0.935 bits per heavy atom. The predicted octanol–water partition coefficient (Wildman–Crippen LogP) is 4.47. The van der Waals surface area contributed by atoms with E-state index >= 15 is 0 Å². The zero-order chi connectivity index (χ0) is 21.6. The van der Waals surface area contributed by atoms with Gasteiger partial charge in [-0.1, -0.05) is 24.3 Å². The highest BCUT2D eigenvalue weighted by Gasteiger charge is 2.31. The monoisotopic (exact) mass is 422 g/mol. The lowest BCUT2D eigenvalue weighted by atomic mass is 10.0. The molecule has 2 heterocycles. The van der Waals surface area contributed by atoms with Crippen LogP contribution < -0.4 is 4.74 Å². The first-order valence-electron chi connectivity index (χ1n) is 11.6. The van der Waals surface area contributed by atoms with Crippen molar-refractivity contribution in [1.82, 2.24) is 9.80 Å². The maximum Gasteiger partial charge on any atom is 0.254 e. The highest BCUT2D eigenvalue weighted by atomic mass is 16.5. The second kappa shape index (κ2) is 10.3. The summed E-state index contributed by atoms with van der Waals surface area (Å²) in [7, 11) is 0. The van der Waals surface area contributed by atoms with E-state index in [1.54, 1.807) is 0 Å². The topological polar surface area (TPSA) is 42.0 Å². The number of carbonyl (C=O) groups excluding carboxylic acids is 1. The molecular formula is C26H34N2O3. The molecule has 2 aromatic rings. The molecule has 4 rings (SSSR count). The molecule has 0 aromatic heterocycles. The molecule has 5 nitrogen and oxygen atoms in total. The van der Waals surface area contributed by atoms with Crippen LogP contribution in [-0.4, -0.2) is 67.2 Å². The molecular weight excluding hydrogens is 388 g/mol. The first kappa shape index (κ1) is 21.8. The van der Waals surface area contributed by atoms with Gasteiger partial charge in [0, 0.05) is 37.3 Å². The molecule has 1 amide bonds. The quantitative estimate of drug-likeness (QED) is 0.618. The molecule has 0 bridgehead atoms. The van der Waals surface area contributed by atoms with Gasteiger partial charge in [0.25, 0.3) is 5.91 Å². The fourth-order valence-electron chi connectivity index (χ4n) is 4.60. The molecule has 2 aliphatic heterocycles. The van der Waals surface area contributed by atoms with Crippen LogP contribution in [0.25, 0.3) is 11.1 Å². The largest absolute Gasteiger partial charge is 0.494 e. The third kappa shape index (κ3) is 5.46. The van der Waals surface area contributed by atoms with Gasteiger partial charge in [-0.15, -0.1) is 0 Å². The summed E-state index contributed by atoms with van der Waals surface area (Å²) in [6, 6.07) is 16.8. The van der Waals surface area contributed by atoms with Gasteiger partial charge in [0.15, 0.2) is 0 Å². The number of hydrogen-bond donors (Lipinski definition) is 0. The zero-order valence-electron chi connectivity index (χ0n) is 18.8. The summed E-state index contributed by atoms with van der Waals surface area (Å²) >= 11 is 0. The van der Waals surface area contributed by atoms with Gasteiger partial charge < -0.3 is 14.4 Å². The molecule has 0 N–H and O–H groups in total. The summed E-state index contributed by atoms with van der Waals surface area (Å²) in [4.78, 5) is 17.3. The Morgan fingerprint density at radius 3 is 2.13 bits per heavy atom. The number of amides is 1. The summed E-state index contributed by atoms with van der Waals surface area (Å²) < 4.78 is 11.3. The summed E-state index contributed by atoms with van der Waals surface area (Å²) in [5.74, 6) is 1.04. The van der Waals surface area contributed by atoms with Crippen LogP contribution in [0.3, 0.4) is 0 Å². The van der Waals surface area contributed by atoms with Gasteiger partial charge in [0.05, 0.1) is 19.8 Å². The first-order chi connectivity index (χ1) is 15.1. The van der Waals surface area contributed by atoms with Crippen LogP contribution in [0.4, 0.5) is 0 Å². The standard InChI is InChI=1S/C26H34N2O3/c1-20-4-5-21(2)28(20)26(29)24-8-6-22(7-9-24)23-10-12-25(13-11-23)31-17-3-14-27-15-18-30-19-16-27/h6-13,20-21H,3-5,14-19H2,1-2H3. The lowest BCUT2D eigenvalue weighted by Gasteiger charge is -2.26. The number of carbonyl (C=O) groups is 1. The molecule has 5 heteroatoms. The van der Waals surface area contributed by atoms with Crippen molar-refractivity contribution in [1.29, 1.82) is 0 Å². The van der Waals surface area contributed by atoms with Crippen molar-refractivity contribution in [3.05, 3.63) is 54.1 Å². The van der Waals surface area contributed by atoms with E-state index in [9.17, 15) is 4.79 Å². The number of hydrogen-bond acceptors (Lipinski definition) is 4. The Balaban J connectivity index is 1.29. The van der Waals surface area contributed by atoms with Crippen LogP contribution in [0.15, 0.2) is 48.5 Å². The van der Waals surface area contributed by atoms with E-state index in [2.05, 4.69) is 30.9 Å². The molecule has 2 aromatic carbocycles. The maximum atomic E-state index is 12.9. The molecule has 2 fully saturated rings. The van der Waals surface area contributed by atoms with Gasteiger partial charge in [-0.3, -0.25) is 9.69 Å². The van der Waals surface area contributed by atoms with Crippen molar-refractivity contribution in [2.75, 3.05) is 39.5 Å². The van der Waals surface area contributed by atoms with Crippen LogP contribution in [0.1, 0.15) is 43.5 Å². The minimum atomic E-state index is 0.143. The van der Waals surface area contributed by atoms with Gasteiger partial charge in [-0.2, -0.15) is 0 Å². The molecule has 0 saturated carbocycles. The summed E-state index contributed by atoms with van der Waals surface area (Å²) in [6.45, 7) is 9.79. The van der Waals surface area contributed by atoms with Crippen LogP contribution in [0.5, 0.6) is 5.75 Å². The van der Waals surface area contributed by atoms with Crippen LogP contribution in [0.2, 0.25) is 0 Å². The van der Waals surface area contributed by atoms with Crippen molar-refractivity contribution in [2.24, 2.45) is 0 Å². The zero-order valence-corrected chi connectivity index (χ0v) is 18.8. The van der Waals surface area contributed by atoms with Crippen LogP contribution in [-0.2, 0) is 4.74 Å². The molecule has 0 spiro atoms. The van der Waals surface area contributed by atoms with Crippen molar-refractivity contribution >= 4 is 5.91 Å². The number of morpholine rings is 1. The minimum absolute atomic E-state index is 0.143. The Labute approximate surface area is 185 Å². The lowest BCUT2D eigenvalue weighted by Crippen LogP contribution is -2.38. The van der Waals surface area contributed by atoms with E-state index in [-0.39, 0.29) is 5.91 Å². The molecule has 2 aliphatic rings. The average Bonchev–Trinajstić information content (AvgIpc) is 3.15. The van der Waals surface area contributed by atoms with Crippen molar-refractivity contribution < 1.29 is 14.3 Å². The van der Waals surface area contributed by atoms with Gasteiger partial charge in [-0.25, -0.2) is 0 Å². The van der Waals surface area contributed by atoms with Gasteiger partial charge in [-0.05, 0) is 68.5 Å². The highest BCUT2D eigenvalue weighted by Crippen LogP contribution is 2.27. The third-order valence-electron chi connectivity index (χ3n) is 6.50. The average molecular weight is 423 g/mol. The Morgan fingerprint density at radius 2 is 1.52 bits per heavy atom. The molecule has 2 saturated heterocycles. The Hall–Kier alpha value is -2.37. The van der Waals surface area contributed by atoms with Crippen LogP contribution in [0, 0.1) is 0 Å². The number of nitrogens with zero attached hydrogens (tertiary/aromatic N) is 2. The van der Waals surface area contributed by atoms with E-state index in [0.717, 1.165) is 81.2 Å². The molecule has 31 heavy (non-hydrogen) atoms. The molecule has 2 atom stereocenters. The Kier molecular flexibility index (Phi) is 7.25.